The number of aryl methyl sites for hydroxylation is 1. The van der Waals surface area contributed by atoms with Gasteiger partial charge in [0.25, 0.3) is 0 Å². The van der Waals surface area contributed by atoms with Crippen molar-refractivity contribution in [3.05, 3.63) is 65.3 Å². The highest BCUT2D eigenvalue weighted by Crippen LogP contribution is 2.42. The van der Waals surface area contributed by atoms with Gasteiger partial charge in [0.05, 0.1) is 0 Å². The van der Waals surface area contributed by atoms with Crippen LogP contribution in [0.15, 0.2) is 54.2 Å². The van der Waals surface area contributed by atoms with Gasteiger partial charge in [-0.3, -0.25) is 0 Å². The van der Waals surface area contributed by atoms with E-state index < -0.39 is 15.6 Å². The summed E-state index contributed by atoms with van der Waals surface area (Å²) in [5.41, 5.74) is -2.59. The Labute approximate surface area is 165 Å². The van der Waals surface area contributed by atoms with Crippen molar-refractivity contribution in [2.24, 2.45) is 0 Å². The van der Waals surface area contributed by atoms with Crippen molar-refractivity contribution in [2.45, 2.75) is 58.4 Å². The third kappa shape index (κ3) is 4.87. The van der Waals surface area contributed by atoms with Crippen molar-refractivity contribution >= 4 is 10.1 Å². The molecule has 1 aromatic carbocycles. The van der Waals surface area contributed by atoms with Crippen LogP contribution in [0, 0.1) is 6.92 Å². The van der Waals surface area contributed by atoms with Gasteiger partial charge in [0.15, 0.2) is 0 Å². The molecule has 3 nitrogen and oxygen atoms in total. The van der Waals surface area contributed by atoms with E-state index in [-0.39, 0.29) is 11.2 Å². The van der Waals surface area contributed by atoms with Gasteiger partial charge in [0.2, 0.25) is 0 Å². The van der Waals surface area contributed by atoms with Crippen molar-refractivity contribution in [2.75, 3.05) is 0 Å². The topological polar surface area (TPSA) is 43.4 Å². The van der Waals surface area contributed by atoms with Crippen LogP contribution < -0.4 is 4.18 Å². The van der Waals surface area contributed by atoms with Crippen molar-refractivity contribution in [1.29, 1.82) is 0 Å². The van der Waals surface area contributed by atoms with Crippen LogP contribution in [0.3, 0.4) is 0 Å². The standard InChI is InChI=1S/C21H27F3O3S/c1-7-15(5)13-17(8-2)20(9-3,10-4)18-11-12-19(16(6)14-18)27-28(25,26)21(22,23)24/h7-8,11-14H,1,9-10H2,2-6H3/b15-13-,17-8+. The molecule has 0 aliphatic rings. The van der Waals surface area contributed by atoms with Crippen LogP contribution in [-0.4, -0.2) is 13.9 Å². The minimum atomic E-state index is -5.70. The lowest BCUT2D eigenvalue weighted by Crippen LogP contribution is -2.29. The zero-order chi connectivity index (χ0) is 21.8. The summed E-state index contributed by atoms with van der Waals surface area (Å²) in [6.07, 6.45) is 7.31. The Morgan fingerprint density at radius 3 is 2.18 bits per heavy atom. The SMILES string of the molecule is C=C/C(C)=C\C(=C/C)C(CC)(CC)c1ccc(OS(=O)(=O)C(F)(F)F)c(C)c1. The van der Waals surface area contributed by atoms with Crippen molar-refractivity contribution in [3.63, 3.8) is 0 Å². The van der Waals surface area contributed by atoms with Crippen molar-refractivity contribution < 1.29 is 25.8 Å². The second-order valence-corrected chi connectivity index (χ2v) is 8.13. The first kappa shape index (κ1) is 24.0. The molecule has 0 radical (unpaired) electrons. The fourth-order valence-electron chi connectivity index (χ4n) is 3.24. The van der Waals surface area contributed by atoms with E-state index in [0.717, 1.165) is 29.6 Å². The normalized spacial score (nSPS) is 14.1. The molecule has 0 heterocycles. The maximum absolute atomic E-state index is 12.6. The zero-order valence-electron chi connectivity index (χ0n) is 16.9. The Bertz CT molecular complexity index is 875. The molecule has 1 aromatic rings. The van der Waals surface area contributed by atoms with Gasteiger partial charge in [-0.05, 0) is 56.4 Å². The third-order valence-corrected chi connectivity index (χ3v) is 5.95. The molecule has 0 aliphatic heterocycles. The number of benzene rings is 1. The Morgan fingerprint density at radius 2 is 1.79 bits per heavy atom. The molecular weight excluding hydrogens is 389 g/mol. The molecule has 0 saturated heterocycles. The number of alkyl halides is 3. The highest BCUT2D eigenvalue weighted by Gasteiger charge is 2.48. The molecular formula is C21H27F3O3S. The fourth-order valence-corrected chi connectivity index (χ4v) is 3.76. The van der Waals surface area contributed by atoms with Crippen molar-refractivity contribution in [3.8, 4) is 5.75 Å². The summed E-state index contributed by atoms with van der Waals surface area (Å²) in [7, 11) is -5.70. The summed E-state index contributed by atoms with van der Waals surface area (Å²) in [6.45, 7) is 13.3. The summed E-state index contributed by atoms with van der Waals surface area (Å²) in [5.74, 6) is -0.331. The average molecular weight is 417 g/mol. The quantitative estimate of drug-likeness (QED) is 0.281. The van der Waals surface area contributed by atoms with Gasteiger partial charge in [-0.2, -0.15) is 21.6 Å². The molecule has 7 heteroatoms. The van der Waals surface area contributed by atoms with Crippen molar-refractivity contribution in [1.82, 2.24) is 0 Å². The predicted octanol–water partition coefficient (Wildman–Crippen LogP) is 6.36. The van der Waals surface area contributed by atoms with E-state index in [0.29, 0.717) is 5.56 Å². The number of allylic oxidation sites excluding steroid dienone is 5. The molecule has 0 saturated carbocycles. The van der Waals surface area contributed by atoms with E-state index in [2.05, 4.69) is 10.8 Å². The average Bonchev–Trinajstić information content (AvgIpc) is 2.62. The van der Waals surface area contributed by atoms with Crippen LogP contribution in [0.4, 0.5) is 13.2 Å². The molecule has 0 aromatic heterocycles. The van der Waals surface area contributed by atoms with E-state index in [1.165, 1.54) is 13.0 Å². The van der Waals surface area contributed by atoms with Crippen LogP contribution in [0.1, 0.15) is 51.7 Å². The molecule has 156 valence electrons. The van der Waals surface area contributed by atoms with E-state index in [9.17, 15) is 21.6 Å². The van der Waals surface area contributed by atoms with Gasteiger partial charge in [-0.1, -0.05) is 56.4 Å². The summed E-state index contributed by atoms with van der Waals surface area (Å²) >= 11 is 0. The lowest BCUT2D eigenvalue weighted by molar-refractivity contribution is -0.0500. The lowest BCUT2D eigenvalue weighted by atomic mass is 9.69. The molecule has 1 rings (SSSR count). The largest absolute Gasteiger partial charge is 0.534 e. The third-order valence-electron chi connectivity index (χ3n) is 4.99. The number of halogens is 3. The number of rotatable bonds is 8. The Balaban J connectivity index is 3.49. The summed E-state index contributed by atoms with van der Waals surface area (Å²) < 4.78 is 64.7. The molecule has 0 amide bonds. The molecule has 0 aliphatic carbocycles. The summed E-state index contributed by atoms with van der Waals surface area (Å²) in [4.78, 5) is 0. The highest BCUT2D eigenvalue weighted by molar-refractivity contribution is 7.88. The summed E-state index contributed by atoms with van der Waals surface area (Å²) in [6, 6.07) is 4.60. The van der Waals surface area contributed by atoms with E-state index in [1.807, 2.05) is 39.8 Å². The van der Waals surface area contributed by atoms with Gasteiger partial charge >= 0.3 is 15.6 Å². The monoisotopic (exact) mass is 416 g/mol. The predicted molar refractivity (Wildman–Crippen MR) is 107 cm³/mol. The van der Waals surface area contributed by atoms with E-state index >= 15 is 0 Å². The molecule has 0 spiro atoms. The van der Waals surface area contributed by atoms with Gasteiger partial charge in [0, 0.05) is 5.41 Å². The van der Waals surface area contributed by atoms with Crippen LogP contribution in [0.2, 0.25) is 0 Å². The molecule has 0 N–H and O–H groups in total. The van der Waals surface area contributed by atoms with Crippen LogP contribution in [-0.2, 0) is 15.5 Å². The number of hydrogen-bond donors (Lipinski definition) is 0. The minimum Gasteiger partial charge on any atom is -0.376 e. The molecule has 0 unspecified atom stereocenters. The zero-order valence-corrected chi connectivity index (χ0v) is 17.7. The second kappa shape index (κ2) is 8.99. The van der Waals surface area contributed by atoms with Crippen LogP contribution in [0.25, 0.3) is 0 Å². The summed E-state index contributed by atoms with van der Waals surface area (Å²) in [5, 5.41) is 0. The van der Waals surface area contributed by atoms with E-state index in [1.54, 1.807) is 18.2 Å². The lowest BCUT2D eigenvalue weighted by Gasteiger charge is -2.35. The molecule has 28 heavy (non-hydrogen) atoms. The Hall–Kier alpha value is -2.02. The maximum atomic E-state index is 12.6. The maximum Gasteiger partial charge on any atom is 0.534 e. The Morgan fingerprint density at radius 1 is 1.21 bits per heavy atom. The fraction of sp³-hybridized carbons (Fsp3) is 0.429. The van der Waals surface area contributed by atoms with Gasteiger partial charge in [0.1, 0.15) is 5.75 Å². The van der Waals surface area contributed by atoms with E-state index in [4.69, 9.17) is 0 Å². The van der Waals surface area contributed by atoms with Crippen LogP contribution in [0.5, 0.6) is 5.75 Å². The number of hydrogen-bond acceptors (Lipinski definition) is 3. The van der Waals surface area contributed by atoms with Gasteiger partial charge < -0.3 is 4.18 Å². The molecule has 0 bridgehead atoms. The van der Waals surface area contributed by atoms with Gasteiger partial charge in [-0.15, -0.1) is 0 Å². The molecule has 0 fully saturated rings. The minimum absolute atomic E-state index is 0.316. The highest BCUT2D eigenvalue weighted by atomic mass is 32.2. The second-order valence-electron chi connectivity index (χ2n) is 6.59. The van der Waals surface area contributed by atoms with Crippen LogP contribution >= 0.6 is 0 Å². The Kier molecular flexibility index (Phi) is 7.71. The molecule has 0 atom stereocenters. The first-order valence-electron chi connectivity index (χ1n) is 8.97. The smallest absolute Gasteiger partial charge is 0.376 e. The first-order valence-corrected chi connectivity index (χ1v) is 10.4. The van der Waals surface area contributed by atoms with Gasteiger partial charge in [-0.25, -0.2) is 0 Å². The first-order chi connectivity index (χ1) is 12.9.